The minimum Gasteiger partial charge on any atom is -0.496 e. The first kappa shape index (κ1) is 11.4. The summed E-state index contributed by atoms with van der Waals surface area (Å²) in [5.74, 6) is -3.36. The van der Waals surface area contributed by atoms with Gasteiger partial charge in [-0.2, -0.15) is 0 Å². The van der Waals surface area contributed by atoms with Crippen molar-refractivity contribution in [2.45, 2.75) is 6.92 Å². The third kappa shape index (κ3) is 2.23. The van der Waals surface area contributed by atoms with E-state index in [9.17, 15) is 13.6 Å². The van der Waals surface area contributed by atoms with Crippen LogP contribution in [0.1, 0.15) is 17.3 Å². The van der Waals surface area contributed by atoms with E-state index in [1.807, 2.05) is 0 Å². The summed E-state index contributed by atoms with van der Waals surface area (Å²) in [6.07, 6.45) is 0. The van der Waals surface area contributed by atoms with Gasteiger partial charge in [0.25, 0.3) is 0 Å². The topological polar surface area (TPSA) is 35.5 Å². The Hall–Kier alpha value is -1.65. The van der Waals surface area contributed by atoms with Crippen molar-refractivity contribution < 1.29 is 23.0 Å². The Morgan fingerprint density at radius 1 is 1.40 bits per heavy atom. The number of ether oxygens (including phenoxy) is 2. The molecule has 0 heterocycles. The highest BCUT2D eigenvalue weighted by atomic mass is 19.2. The van der Waals surface area contributed by atoms with E-state index in [4.69, 9.17) is 4.74 Å². The van der Waals surface area contributed by atoms with Gasteiger partial charge in [0.2, 0.25) is 0 Å². The Balaban J connectivity index is 3.23. The lowest BCUT2D eigenvalue weighted by Gasteiger charge is -2.08. The van der Waals surface area contributed by atoms with E-state index in [1.165, 1.54) is 13.2 Å². The molecular weight excluding hydrogens is 206 g/mol. The maximum Gasteiger partial charge on any atom is 0.345 e. The van der Waals surface area contributed by atoms with Crippen molar-refractivity contribution in [1.29, 1.82) is 0 Å². The van der Waals surface area contributed by atoms with Crippen molar-refractivity contribution in [3.8, 4) is 5.75 Å². The fourth-order valence-corrected chi connectivity index (χ4v) is 1.10. The third-order valence-electron chi connectivity index (χ3n) is 1.76. The first-order chi connectivity index (χ1) is 7.11. The number of hydrogen-bond donors (Lipinski definition) is 0. The van der Waals surface area contributed by atoms with E-state index in [0.29, 0.717) is 0 Å². The molecule has 1 aromatic carbocycles. The molecule has 0 saturated carbocycles. The Kier molecular flexibility index (Phi) is 3.60. The average Bonchev–Trinajstić information content (AvgIpc) is 2.22. The maximum atomic E-state index is 13.3. The van der Waals surface area contributed by atoms with Crippen LogP contribution in [0.3, 0.4) is 0 Å². The molecule has 0 radical (unpaired) electrons. The molecule has 0 atom stereocenters. The number of hydrogen-bond acceptors (Lipinski definition) is 3. The van der Waals surface area contributed by atoms with Crippen LogP contribution in [0.25, 0.3) is 0 Å². The maximum absolute atomic E-state index is 13.3. The highest BCUT2D eigenvalue weighted by Gasteiger charge is 2.22. The lowest BCUT2D eigenvalue weighted by Crippen LogP contribution is -2.10. The van der Waals surface area contributed by atoms with Gasteiger partial charge in [-0.15, -0.1) is 0 Å². The lowest BCUT2D eigenvalue weighted by atomic mass is 10.2. The summed E-state index contributed by atoms with van der Waals surface area (Å²) in [5, 5.41) is 0. The minimum atomic E-state index is -1.26. The second-order valence-electron chi connectivity index (χ2n) is 2.66. The summed E-state index contributed by atoms with van der Waals surface area (Å²) in [4.78, 5) is 11.3. The van der Waals surface area contributed by atoms with Gasteiger partial charge in [0.05, 0.1) is 13.7 Å². The third-order valence-corrected chi connectivity index (χ3v) is 1.76. The normalized spacial score (nSPS) is 9.87. The molecule has 1 rings (SSSR count). The van der Waals surface area contributed by atoms with E-state index >= 15 is 0 Å². The summed E-state index contributed by atoms with van der Waals surface area (Å²) < 4.78 is 35.4. The zero-order chi connectivity index (χ0) is 11.4. The van der Waals surface area contributed by atoms with E-state index < -0.39 is 23.2 Å². The fourth-order valence-electron chi connectivity index (χ4n) is 1.10. The van der Waals surface area contributed by atoms with Crippen LogP contribution >= 0.6 is 0 Å². The molecule has 0 aromatic heterocycles. The predicted molar refractivity (Wildman–Crippen MR) is 48.9 cm³/mol. The molecule has 0 aliphatic carbocycles. The molecule has 0 saturated heterocycles. The highest BCUT2D eigenvalue weighted by Crippen LogP contribution is 2.24. The van der Waals surface area contributed by atoms with Crippen LogP contribution in [0.15, 0.2) is 12.1 Å². The summed E-state index contributed by atoms with van der Waals surface area (Å²) in [6.45, 7) is 1.65. The van der Waals surface area contributed by atoms with Crippen LogP contribution in [0.5, 0.6) is 5.75 Å². The van der Waals surface area contributed by atoms with Gasteiger partial charge in [-0.05, 0) is 19.1 Å². The smallest absolute Gasteiger partial charge is 0.345 e. The molecule has 1 aromatic rings. The Morgan fingerprint density at radius 2 is 2.07 bits per heavy atom. The van der Waals surface area contributed by atoms with E-state index in [-0.39, 0.29) is 12.4 Å². The van der Waals surface area contributed by atoms with Crippen LogP contribution in [0, 0.1) is 11.6 Å². The highest BCUT2D eigenvalue weighted by molar-refractivity contribution is 5.92. The van der Waals surface area contributed by atoms with Crippen molar-refractivity contribution in [2.75, 3.05) is 13.7 Å². The second-order valence-corrected chi connectivity index (χ2v) is 2.66. The zero-order valence-electron chi connectivity index (χ0n) is 8.34. The molecule has 0 aliphatic heterocycles. The van der Waals surface area contributed by atoms with Gasteiger partial charge >= 0.3 is 5.97 Å². The molecule has 0 N–H and O–H groups in total. The molecule has 0 unspecified atom stereocenters. The van der Waals surface area contributed by atoms with Crippen LogP contribution in [-0.2, 0) is 4.74 Å². The minimum absolute atomic E-state index is 0.0487. The van der Waals surface area contributed by atoms with Gasteiger partial charge in [-0.25, -0.2) is 13.6 Å². The van der Waals surface area contributed by atoms with Crippen LogP contribution < -0.4 is 4.74 Å². The SMILES string of the molecule is CCOC(=O)c1c(OC)ccc(F)c1F. The first-order valence-electron chi connectivity index (χ1n) is 4.31. The Morgan fingerprint density at radius 3 is 2.60 bits per heavy atom. The molecule has 5 heteroatoms. The lowest BCUT2D eigenvalue weighted by molar-refractivity contribution is 0.0516. The fraction of sp³-hybridized carbons (Fsp3) is 0.300. The van der Waals surface area contributed by atoms with Gasteiger partial charge in [-0.3, -0.25) is 0 Å². The number of carbonyl (C=O) groups excluding carboxylic acids is 1. The van der Waals surface area contributed by atoms with E-state index in [0.717, 1.165) is 6.07 Å². The average molecular weight is 216 g/mol. The van der Waals surface area contributed by atoms with Crippen molar-refractivity contribution in [2.24, 2.45) is 0 Å². The van der Waals surface area contributed by atoms with Crippen molar-refractivity contribution in [3.63, 3.8) is 0 Å². The van der Waals surface area contributed by atoms with Crippen LogP contribution in [-0.4, -0.2) is 19.7 Å². The van der Waals surface area contributed by atoms with Crippen molar-refractivity contribution in [1.82, 2.24) is 0 Å². The Labute approximate surface area is 85.6 Å². The quantitative estimate of drug-likeness (QED) is 0.726. The van der Waals surface area contributed by atoms with E-state index in [1.54, 1.807) is 6.92 Å². The number of methoxy groups -OCH3 is 1. The molecule has 0 aliphatic rings. The van der Waals surface area contributed by atoms with Gasteiger partial charge in [0.1, 0.15) is 11.3 Å². The summed E-state index contributed by atoms with van der Waals surface area (Å²) in [5.41, 5.74) is -0.514. The number of carbonyl (C=O) groups is 1. The number of benzene rings is 1. The second kappa shape index (κ2) is 4.72. The largest absolute Gasteiger partial charge is 0.496 e. The molecule has 0 amide bonds. The predicted octanol–water partition coefficient (Wildman–Crippen LogP) is 2.15. The number of esters is 1. The monoisotopic (exact) mass is 216 g/mol. The molecule has 82 valence electrons. The summed E-state index contributed by atoms with van der Waals surface area (Å²) in [6, 6.07) is 2.06. The van der Waals surface area contributed by atoms with Crippen LogP contribution in [0.4, 0.5) is 8.78 Å². The number of rotatable bonds is 3. The molecule has 3 nitrogen and oxygen atoms in total. The van der Waals surface area contributed by atoms with Crippen molar-refractivity contribution >= 4 is 5.97 Å². The molecule has 0 bridgehead atoms. The van der Waals surface area contributed by atoms with Gasteiger partial charge < -0.3 is 9.47 Å². The standard InChI is InChI=1S/C10H10F2O3/c1-3-15-10(13)8-7(14-2)5-4-6(11)9(8)12/h4-5H,3H2,1-2H3. The van der Waals surface area contributed by atoms with E-state index in [2.05, 4.69) is 4.74 Å². The molecule has 15 heavy (non-hydrogen) atoms. The number of halogens is 2. The molecule has 0 fully saturated rings. The molecular formula is C10H10F2O3. The van der Waals surface area contributed by atoms with Gasteiger partial charge in [0.15, 0.2) is 11.6 Å². The Bertz CT molecular complexity index is 377. The van der Waals surface area contributed by atoms with Gasteiger partial charge in [0, 0.05) is 0 Å². The van der Waals surface area contributed by atoms with Crippen molar-refractivity contribution in [3.05, 3.63) is 29.3 Å². The van der Waals surface area contributed by atoms with Gasteiger partial charge in [-0.1, -0.05) is 0 Å². The summed E-state index contributed by atoms with van der Waals surface area (Å²) in [7, 11) is 1.26. The first-order valence-corrected chi connectivity index (χ1v) is 4.31. The molecule has 0 spiro atoms. The summed E-state index contributed by atoms with van der Waals surface area (Å²) >= 11 is 0. The van der Waals surface area contributed by atoms with Crippen LogP contribution in [0.2, 0.25) is 0 Å². The zero-order valence-corrected chi connectivity index (χ0v) is 8.34.